The number of aliphatic hydroxyl groups excluding tert-OH is 1. The second kappa shape index (κ2) is 8.60. The number of aliphatic hydroxyl groups is 1. The van der Waals surface area contributed by atoms with Crippen molar-refractivity contribution in [2.45, 2.75) is 20.0 Å². The molecule has 0 saturated heterocycles. The van der Waals surface area contributed by atoms with Gasteiger partial charge in [-0.2, -0.15) is 13.5 Å². The van der Waals surface area contributed by atoms with Crippen molar-refractivity contribution in [1.29, 1.82) is 0 Å². The first-order valence-corrected chi connectivity index (χ1v) is 6.14. The average molecular weight is 322 g/mol. The van der Waals surface area contributed by atoms with Crippen LogP contribution in [-0.2, 0) is 29.6 Å². The Balaban J connectivity index is 0.000000400. The molecule has 0 aromatic rings. The molecule has 0 saturated carbocycles. The highest BCUT2D eigenvalue weighted by Crippen LogP contribution is 2.03. The van der Waals surface area contributed by atoms with Crippen LogP contribution in [-0.4, -0.2) is 55.1 Å². The van der Waals surface area contributed by atoms with Crippen LogP contribution in [0.1, 0.15) is 13.8 Å². The van der Waals surface area contributed by atoms with E-state index in [1.165, 1.54) is 6.92 Å². The number of urea groups is 1. The van der Waals surface area contributed by atoms with E-state index in [0.717, 1.165) is 6.92 Å². The molecule has 1 aliphatic rings. The lowest BCUT2D eigenvalue weighted by atomic mass is 10.4. The number of carbonyl (C=O) groups is 4. The fourth-order valence-corrected chi connectivity index (χ4v) is 0.951. The smallest absolute Gasteiger partial charge is 0.387 e. The molecule has 1 unspecified atom stereocenters. The van der Waals surface area contributed by atoms with Crippen LogP contribution in [0.15, 0.2) is 14.7 Å². The third-order valence-electron chi connectivity index (χ3n) is 1.51. The summed E-state index contributed by atoms with van der Waals surface area (Å²) < 4.78 is 26.3. The SMILES string of the molecule is CC(=O)OC(=O)C(C)O.O=C1CN=NN1C(=O)N=S(=O)=O. The van der Waals surface area contributed by atoms with Crippen molar-refractivity contribution in [2.75, 3.05) is 6.54 Å². The molecule has 0 fully saturated rings. The summed E-state index contributed by atoms with van der Waals surface area (Å²) in [5.41, 5.74) is 0. The Morgan fingerprint density at radius 1 is 1.43 bits per heavy atom. The van der Waals surface area contributed by atoms with Gasteiger partial charge in [0.25, 0.3) is 5.91 Å². The van der Waals surface area contributed by atoms with E-state index in [1.54, 1.807) is 0 Å². The van der Waals surface area contributed by atoms with Gasteiger partial charge in [-0.25, -0.2) is 9.59 Å². The van der Waals surface area contributed by atoms with Crippen molar-refractivity contribution in [2.24, 2.45) is 14.7 Å². The van der Waals surface area contributed by atoms with E-state index >= 15 is 0 Å². The quantitative estimate of drug-likeness (QED) is 0.464. The van der Waals surface area contributed by atoms with Gasteiger partial charge in [0.15, 0.2) is 0 Å². The maximum absolute atomic E-state index is 10.7. The Hall–Kier alpha value is -2.54. The number of imide groups is 1. The van der Waals surface area contributed by atoms with Crippen LogP contribution in [0.2, 0.25) is 0 Å². The lowest BCUT2D eigenvalue weighted by molar-refractivity contribution is -0.163. The van der Waals surface area contributed by atoms with E-state index in [1.807, 2.05) is 0 Å². The second-order valence-corrected chi connectivity index (χ2v) is 3.89. The van der Waals surface area contributed by atoms with Gasteiger partial charge >= 0.3 is 28.5 Å². The van der Waals surface area contributed by atoms with E-state index in [2.05, 4.69) is 19.4 Å². The maximum Gasteiger partial charge on any atom is 0.387 e. The van der Waals surface area contributed by atoms with Crippen LogP contribution in [0.4, 0.5) is 4.79 Å². The fourth-order valence-electron chi connectivity index (χ4n) is 0.747. The average Bonchev–Trinajstić information content (AvgIpc) is 2.74. The van der Waals surface area contributed by atoms with E-state index in [4.69, 9.17) is 5.11 Å². The summed E-state index contributed by atoms with van der Waals surface area (Å²) in [4.78, 5) is 41.6. The number of esters is 2. The van der Waals surface area contributed by atoms with Gasteiger partial charge in [-0.05, 0) is 6.92 Å². The molecular formula is C8H10N4O8S. The molecule has 21 heavy (non-hydrogen) atoms. The zero-order chi connectivity index (χ0) is 16.6. The molecule has 3 amide bonds. The van der Waals surface area contributed by atoms with Gasteiger partial charge in [0.1, 0.15) is 12.6 Å². The summed E-state index contributed by atoms with van der Waals surface area (Å²) in [6.07, 6.45) is -1.23. The number of ether oxygens (including phenoxy) is 1. The molecule has 1 atom stereocenters. The van der Waals surface area contributed by atoms with Crippen molar-refractivity contribution in [1.82, 2.24) is 5.01 Å². The number of rotatable bonds is 1. The number of hydrogen-bond acceptors (Lipinski definition) is 10. The Morgan fingerprint density at radius 2 is 2.00 bits per heavy atom. The molecule has 0 aromatic carbocycles. The molecule has 1 aliphatic heterocycles. The molecule has 0 spiro atoms. The van der Waals surface area contributed by atoms with Crippen LogP contribution in [0.3, 0.4) is 0 Å². The molecule has 1 rings (SSSR count). The van der Waals surface area contributed by atoms with Crippen LogP contribution < -0.4 is 0 Å². The molecule has 13 heteroatoms. The summed E-state index contributed by atoms with van der Waals surface area (Å²) in [6, 6.07) is -1.26. The summed E-state index contributed by atoms with van der Waals surface area (Å²) >= 11 is 0. The van der Waals surface area contributed by atoms with Gasteiger partial charge in [-0.3, -0.25) is 9.59 Å². The Bertz CT molecular complexity index is 600. The van der Waals surface area contributed by atoms with Crippen molar-refractivity contribution < 1.29 is 37.4 Å². The Morgan fingerprint density at radius 3 is 2.29 bits per heavy atom. The normalized spacial score (nSPS) is 13.9. The van der Waals surface area contributed by atoms with E-state index in [-0.39, 0.29) is 11.6 Å². The van der Waals surface area contributed by atoms with Gasteiger partial charge in [0, 0.05) is 6.92 Å². The molecule has 0 bridgehead atoms. The Kier molecular flexibility index (Phi) is 7.56. The number of hydrogen-bond donors (Lipinski definition) is 1. The molecule has 0 aliphatic carbocycles. The minimum Gasteiger partial charge on any atom is -0.391 e. The van der Waals surface area contributed by atoms with Crippen LogP contribution in [0.5, 0.6) is 0 Å². The monoisotopic (exact) mass is 322 g/mol. The topological polar surface area (TPSA) is 172 Å². The van der Waals surface area contributed by atoms with Gasteiger partial charge in [0.2, 0.25) is 0 Å². The minimum atomic E-state index is -2.88. The summed E-state index contributed by atoms with van der Waals surface area (Å²) in [6.45, 7) is 2.07. The van der Waals surface area contributed by atoms with E-state index in [9.17, 15) is 27.6 Å². The first kappa shape index (κ1) is 18.5. The zero-order valence-electron chi connectivity index (χ0n) is 10.8. The molecule has 1 heterocycles. The predicted octanol–water partition coefficient (Wildman–Crippen LogP) is -1.16. The number of amides is 3. The largest absolute Gasteiger partial charge is 0.391 e. The van der Waals surface area contributed by atoms with Crippen molar-refractivity contribution in [3.63, 3.8) is 0 Å². The molecule has 12 nitrogen and oxygen atoms in total. The van der Waals surface area contributed by atoms with Crippen molar-refractivity contribution in [3.8, 4) is 0 Å². The van der Waals surface area contributed by atoms with Gasteiger partial charge < -0.3 is 9.84 Å². The highest BCUT2D eigenvalue weighted by atomic mass is 32.2. The van der Waals surface area contributed by atoms with Crippen molar-refractivity contribution in [3.05, 3.63) is 0 Å². The van der Waals surface area contributed by atoms with E-state index < -0.39 is 40.5 Å². The molecular weight excluding hydrogens is 312 g/mol. The molecule has 0 radical (unpaired) electrons. The van der Waals surface area contributed by atoms with Crippen molar-refractivity contribution >= 4 is 34.4 Å². The number of carbonyl (C=O) groups excluding carboxylic acids is 4. The molecule has 116 valence electrons. The van der Waals surface area contributed by atoms with Gasteiger partial charge in [-0.1, -0.05) is 9.59 Å². The zero-order valence-corrected chi connectivity index (χ0v) is 11.6. The second-order valence-electron chi connectivity index (χ2n) is 3.27. The standard InChI is InChI=1S/C5H8O4.C3H2N4O4S/c1-3(6)5(8)9-4(2)7;8-2-1-4-6-7(2)3(9)5-12(10)11/h3,6H,1-2H3;1H2. The lowest BCUT2D eigenvalue weighted by Crippen LogP contribution is -2.27. The van der Waals surface area contributed by atoms with E-state index in [0.29, 0.717) is 0 Å². The fraction of sp³-hybridized carbons (Fsp3) is 0.500. The lowest BCUT2D eigenvalue weighted by Gasteiger charge is -1.99. The van der Waals surface area contributed by atoms with Crippen LogP contribution in [0.25, 0.3) is 0 Å². The third-order valence-corrected chi connectivity index (χ3v) is 1.82. The maximum atomic E-state index is 10.7. The minimum absolute atomic E-state index is 0.257. The summed E-state index contributed by atoms with van der Waals surface area (Å²) in [5.74, 6) is -2.32. The first-order chi connectivity index (χ1) is 9.65. The predicted molar refractivity (Wildman–Crippen MR) is 61.8 cm³/mol. The highest BCUT2D eigenvalue weighted by Gasteiger charge is 2.25. The Labute approximate surface area is 119 Å². The summed E-state index contributed by atoms with van der Waals surface area (Å²) in [5, 5.41) is 15.0. The van der Waals surface area contributed by atoms with Crippen LogP contribution in [0, 0.1) is 0 Å². The third kappa shape index (κ3) is 7.58. The van der Waals surface area contributed by atoms with Gasteiger partial charge in [0.05, 0.1) is 0 Å². The number of nitrogens with zero attached hydrogens (tertiary/aromatic N) is 4. The highest BCUT2D eigenvalue weighted by molar-refractivity contribution is 7.62. The molecule has 1 N–H and O–H groups in total. The summed E-state index contributed by atoms with van der Waals surface area (Å²) in [7, 11) is -2.88. The first-order valence-electron chi connectivity index (χ1n) is 5.11. The van der Waals surface area contributed by atoms with Crippen LogP contribution >= 0.6 is 0 Å². The molecule has 0 aromatic heterocycles. The van der Waals surface area contributed by atoms with Gasteiger partial charge in [-0.15, -0.1) is 5.01 Å².